The van der Waals surface area contributed by atoms with Gasteiger partial charge in [0.2, 0.25) is 0 Å². The molecule has 10 heteroatoms. The van der Waals surface area contributed by atoms with Gasteiger partial charge >= 0.3 is 6.18 Å². The first-order chi connectivity index (χ1) is 13.9. The van der Waals surface area contributed by atoms with Gasteiger partial charge in [-0.05, 0) is 30.7 Å². The van der Waals surface area contributed by atoms with Crippen LogP contribution in [-0.2, 0) is 12.6 Å². The van der Waals surface area contributed by atoms with E-state index in [0.29, 0.717) is 35.9 Å². The van der Waals surface area contributed by atoms with Crippen molar-refractivity contribution in [2.24, 2.45) is 0 Å². The third-order valence-corrected chi connectivity index (χ3v) is 4.03. The van der Waals surface area contributed by atoms with Gasteiger partial charge < -0.3 is 15.6 Å². The van der Waals surface area contributed by atoms with E-state index in [2.05, 4.69) is 30.6 Å². The smallest absolute Gasteiger partial charge is 0.368 e. The van der Waals surface area contributed by atoms with Crippen molar-refractivity contribution < 1.29 is 13.2 Å². The Morgan fingerprint density at radius 1 is 1.10 bits per heavy atom. The van der Waals surface area contributed by atoms with Crippen LogP contribution in [0.2, 0.25) is 0 Å². The van der Waals surface area contributed by atoms with E-state index in [1.807, 2.05) is 6.92 Å². The zero-order valence-corrected chi connectivity index (χ0v) is 15.5. The highest BCUT2D eigenvalue weighted by molar-refractivity contribution is 5.56. The second-order valence-electron chi connectivity index (χ2n) is 6.12. The normalized spacial score (nSPS) is 11.3. The molecule has 0 bridgehead atoms. The Bertz CT molecular complexity index is 1020. The molecule has 3 N–H and O–H groups in total. The molecule has 0 amide bonds. The third kappa shape index (κ3) is 5.31. The molecule has 0 radical (unpaired) electrons. The minimum Gasteiger partial charge on any atom is -0.368 e. The summed E-state index contributed by atoms with van der Waals surface area (Å²) in [5.74, 6) is 0.766. The summed E-state index contributed by atoms with van der Waals surface area (Å²) in [5, 5.41) is 5.69. The maximum Gasteiger partial charge on any atom is 0.419 e. The first-order valence-electron chi connectivity index (χ1n) is 8.93. The average Bonchev–Trinajstić information content (AvgIpc) is 2.70. The van der Waals surface area contributed by atoms with Crippen molar-refractivity contribution in [2.75, 3.05) is 23.7 Å². The molecule has 0 aliphatic rings. The van der Waals surface area contributed by atoms with Gasteiger partial charge in [0.05, 0.1) is 5.56 Å². The Morgan fingerprint density at radius 2 is 1.90 bits per heavy atom. The zero-order valence-electron chi connectivity index (χ0n) is 15.5. The van der Waals surface area contributed by atoms with Gasteiger partial charge in [0.1, 0.15) is 17.5 Å². The number of hydrogen-bond acceptors (Lipinski definition) is 6. The van der Waals surface area contributed by atoms with E-state index in [1.165, 1.54) is 18.3 Å². The summed E-state index contributed by atoms with van der Waals surface area (Å²) in [6, 6.07) is 7.13. The fraction of sp³-hybridized carbons (Fsp3) is 0.263. The van der Waals surface area contributed by atoms with Gasteiger partial charge in [-0.1, -0.05) is 6.92 Å². The maximum atomic E-state index is 12.9. The molecule has 0 unspecified atom stereocenters. The molecule has 0 atom stereocenters. The lowest BCUT2D eigenvalue weighted by molar-refractivity contribution is -0.137. The molecule has 3 aromatic heterocycles. The van der Waals surface area contributed by atoms with Crippen molar-refractivity contribution in [2.45, 2.75) is 19.5 Å². The second kappa shape index (κ2) is 8.72. The first kappa shape index (κ1) is 20.3. The Hall–Kier alpha value is -3.43. The zero-order chi connectivity index (χ0) is 20.9. The molecule has 152 valence electrons. The predicted molar refractivity (Wildman–Crippen MR) is 104 cm³/mol. The van der Waals surface area contributed by atoms with Crippen LogP contribution in [0.1, 0.15) is 18.2 Å². The molecule has 0 saturated carbocycles. The lowest BCUT2D eigenvalue weighted by atomic mass is 10.2. The van der Waals surface area contributed by atoms with Crippen LogP contribution in [0.4, 0.5) is 24.8 Å². The molecule has 7 nitrogen and oxygen atoms in total. The van der Waals surface area contributed by atoms with E-state index in [-0.39, 0.29) is 17.9 Å². The highest BCUT2D eigenvalue weighted by Crippen LogP contribution is 2.33. The molecule has 0 aliphatic carbocycles. The van der Waals surface area contributed by atoms with E-state index in [1.54, 1.807) is 18.3 Å². The number of anilines is 2. The van der Waals surface area contributed by atoms with Gasteiger partial charge in [-0.2, -0.15) is 13.2 Å². The summed E-state index contributed by atoms with van der Waals surface area (Å²) in [4.78, 5) is 26.7. The van der Waals surface area contributed by atoms with E-state index < -0.39 is 11.7 Å². The Balaban J connectivity index is 1.58. The summed E-state index contributed by atoms with van der Waals surface area (Å²) >= 11 is 0. The van der Waals surface area contributed by atoms with Gasteiger partial charge in [0, 0.05) is 42.8 Å². The molecule has 3 heterocycles. The number of nitrogens with one attached hydrogen (secondary N) is 3. The van der Waals surface area contributed by atoms with E-state index >= 15 is 0 Å². The summed E-state index contributed by atoms with van der Waals surface area (Å²) in [6.45, 7) is 2.46. The summed E-state index contributed by atoms with van der Waals surface area (Å²) in [7, 11) is 0. The van der Waals surface area contributed by atoms with Crippen molar-refractivity contribution in [3.05, 3.63) is 64.3 Å². The number of aryl methyl sites for hydroxylation is 1. The second-order valence-corrected chi connectivity index (χ2v) is 6.12. The SMILES string of the molecule is CCc1cc(=O)[nH]c(-c2ccc(NCCNc3ncccc3C(F)(F)F)nc2)n1. The quantitative estimate of drug-likeness (QED) is 0.523. The van der Waals surface area contributed by atoms with Crippen LogP contribution >= 0.6 is 0 Å². The minimum absolute atomic E-state index is 0.212. The highest BCUT2D eigenvalue weighted by Gasteiger charge is 2.33. The van der Waals surface area contributed by atoms with Crippen LogP contribution in [0.3, 0.4) is 0 Å². The number of aromatic amines is 1. The molecule has 0 aromatic carbocycles. The molecule has 3 rings (SSSR count). The largest absolute Gasteiger partial charge is 0.419 e. The molecule has 0 aliphatic heterocycles. The highest BCUT2D eigenvalue weighted by atomic mass is 19.4. The summed E-state index contributed by atoms with van der Waals surface area (Å²) in [6.07, 6.45) is -0.958. The number of H-pyrrole nitrogens is 1. The number of aromatic nitrogens is 4. The first-order valence-corrected chi connectivity index (χ1v) is 8.93. The summed E-state index contributed by atoms with van der Waals surface area (Å²) in [5.41, 5.74) is 0.306. The molecule has 0 saturated heterocycles. The van der Waals surface area contributed by atoms with E-state index in [9.17, 15) is 18.0 Å². The topological polar surface area (TPSA) is 95.6 Å². The number of rotatable bonds is 7. The lowest BCUT2D eigenvalue weighted by Crippen LogP contribution is -2.18. The molecule has 0 spiro atoms. The Labute approximate surface area is 164 Å². The number of pyridine rings is 2. The average molecular weight is 404 g/mol. The number of halogens is 3. The molecular formula is C19H19F3N6O. The van der Waals surface area contributed by atoms with Crippen molar-refractivity contribution in [3.8, 4) is 11.4 Å². The van der Waals surface area contributed by atoms with E-state index in [0.717, 1.165) is 6.07 Å². The van der Waals surface area contributed by atoms with Crippen molar-refractivity contribution in [1.29, 1.82) is 0 Å². The van der Waals surface area contributed by atoms with Crippen molar-refractivity contribution in [1.82, 2.24) is 19.9 Å². The monoisotopic (exact) mass is 404 g/mol. The standard InChI is InChI=1S/C19H19F3N6O/c1-2-13-10-16(29)28-17(27-13)12-5-6-15(26-11-12)23-8-9-25-18-14(19(20,21)22)4-3-7-24-18/h3-7,10-11H,2,8-9H2,1H3,(H,23,26)(H,24,25)(H,27,28,29). The predicted octanol–water partition coefficient (Wildman–Crippen LogP) is 3.33. The van der Waals surface area contributed by atoms with Gasteiger partial charge in [-0.25, -0.2) is 15.0 Å². The third-order valence-electron chi connectivity index (χ3n) is 4.03. The maximum absolute atomic E-state index is 12.9. The van der Waals surface area contributed by atoms with E-state index in [4.69, 9.17) is 0 Å². The van der Waals surface area contributed by atoms with Crippen LogP contribution in [-0.4, -0.2) is 33.0 Å². The van der Waals surface area contributed by atoms with Crippen molar-refractivity contribution >= 4 is 11.6 Å². The Morgan fingerprint density at radius 3 is 2.59 bits per heavy atom. The Kier molecular flexibility index (Phi) is 6.10. The van der Waals surface area contributed by atoms with Gasteiger partial charge in [-0.3, -0.25) is 4.79 Å². The number of alkyl halides is 3. The van der Waals surface area contributed by atoms with Crippen LogP contribution < -0.4 is 16.2 Å². The van der Waals surface area contributed by atoms with Crippen LogP contribution in [0.15, 0.2) is 47.5 Å². The van der Waals surface area contributed by atoms with Crippen molar-refractivity contribution in [3.63, 3.8) is 0 Å². The molecular weight excluding hydrogens is 385 g/mol. The van der Waals surface area contributed by atoms with Gasteiger partial charge in [-0.15, -0.1) is 0 Å². The molecule has 3 aromatic rings. The van der Waals surface area contributed by atoms with Gasteiger partial charge in [0.15, 0.2) is 0 Å². The van der Waals surface area contributed by atoms with Crippen LogP contribution in [0.5, 0.6) is 0 Å². The fourth-order valence-electron chi connectivity index (χ4n) is 2.61. The number of nitrogens with zero attached hydrogens (tertiary/aromatic N) is 3. The van der Waals surface area contributed by atoms with Gasteiger partial charge in [0.25, 0.3) is 5.56 Å². The molecule has 29 heavy (non-hydrogen) atoms. The van der Waals surface area contributed by atoms with Crippen LogP contribution in [0, 0.1) is 0 Å². The number of hydrogen-bond donors (Lipinski definition) is 3. The van der Waals surface area contributed by atoms with Crippen LogP contribution in [0.25, 0.3) is 11.4 Å². The fourth-order valence-corrected chi connectivity index (χ4v) is 2.61. The lowest BCUT2D eigenvalue weighted by Gasteiger charge is -2.13. The molecule has 0 fully saturated rings. The summed E-state index contributed by atoms with van der Waals surface area (Å²) < 4.78 is 38.8. The minimum atomic E-state index is -4.47.